The molecule has 0 radical (unpaired) electrons. The van der Waals surface area contributed by atoms with Crippen molar-refractivity contribution in [3.63, 3.8) is 0 Å². The van der Waals surface area contributed by atoms with Gasteiger partial charge in [-0.3, -0.25) is 4.79 Å². The molecule has 2 unspecified atom stereocenters. The Balaban J connectivity index is 1.36. The third-order valence-electron chi connectivity index (χ3n) is 6.34. The van der Waals surface area contributed by atoms with Crippen molar-refractivity contribution in [2.45, 2.75) is 38.2 Å². The van der Waals surface area contributed by atoms with Gasteiger partial charge in [-0.15, -0.1) is 0 Å². The van der Waals surface area contributed by atoms with Crippen molar-refractivity contribution >= 4 is 5.97 Å². The summed E-state index contributed by atoms with van der Waals surface area (Å²) in [7, 11) is 1.38. The SMILES string of the molecule is COC(=O)CC1COc2cc(OC3CCc4c(Oc5ccccc5C)ccc(F)c43)ccc21. The van der Waals surface area contributed by atoms with E-state index >= 15 is 0 Å². The van der Waals surface area contributed by atoms with Crippen LogP contribution in [0.15, 0.2) is 54.6 Å². The van der Waals surface area contributed by atoms with Crippen molar-refractivity contribution in [1.29, 1.82) is 0 Å². The van der Waals surface area contributed by atoms with Crippen LogP contribution in [-0.2, 0) is 16.0 Å². The number of halogens is 1. The monoisotopic (exact) mass is 448 g/mol. The first-order chi connectivity index (χ1) is 16.0. The molecule has 0 bridgehead atoms. The highest BCUT2D eigenvalue weighted by molar-refractivity contribution is 5.71. The molecule has 170 valence electrons. The minimum Gasteiger partial charge on any atom is -0.492 e. The zero-order chi connectivity index (χ0) is 22.9. The van der Waals surface area contributed by atoms with E-state index in [1.54, 1.807) is 6.07 Å². The molecule has 0 fully saturated rings. The van der Waals surface area contributed by atoms with Gasteiger partial charge in [0.1, 0.15) is 34.9 Å². The highest BCUT2D eigenvalue weighted by Gasteiger charge is 2.32. The number of carbonyl (C=O) groups is 1. The number of carbonyl (C=O) groups excluding carboxylic acids is 1. The van der Waals surface area contributed by atoms with E-state index in [9.17, 15) is 9.18 Å². The molecule has 0 spiro atoms. The lowest BCUT2D eigenvalue weighted by Crippen LogP contribution is -2.09. The lowest BCUT2D eigenvalue weighted by Gasteiger charge is -2.17. The second-order valence-corrected chi connectivity index (χ2v) is 8.44. The molecule has 3 aromatic carbocycles. The van der Waals surface area contributed by atoms with Crippen molar-refractivity contribution in [3.8, 4) is 23.0 Å². The van der Waals surface area contributed by atoms with E-state index in [0.717, 1.165) is 22.4 Å². The minimum absolute atomic E-state index is 0.0349. The first-order valence-electron chi connectivity index (χ1n) is 11.1. The predicted molar refractivity (Wildman–Crippen MR) is 121 cm³/mol. The number of para-hydroxylation sites is 1. The van der Waals surface area contributed by atoms with Gasteiger partial charge in [-0.2, -0.15) is 0 Å². The maximum Gasteiger partial charge on any atom is 0.306 e. The number of hydrogen-bond acceptors (Lipinski definition) is 5. The number of esters is 1. The Hall–Kier alpha value is -3.54. The normalized spacial score (nSPS) is 18.3. The van der Waals surface area contributed by atoms with E-state index in [-0.39, 0.29) is 24.1 Å². The fraction of sp³-hybridized carbons (Fsp3) is 0.296. The van der Waals surface area contributed by atoms with Crippen LogP contribution in [0.4, 0.5) is 4.39 Å². The summed E-state index contributed by atoms with van der Waals surface area (Å²) in [6.45, 7) is 2.41. The van der Waals surface area contributed by atoms with Crippen LogP contribution in [0.5, 0.6) is 23.0 Å². The highest BCUT2D eigenvalue weighted by Crippen LogP contribution is 2.44. The van der Waals surface area contributed by atoms with Gasteiger partial charge in [0, 0.05) is 28.7 Å². The summed E-state index contributed by atoms with van der Waals surface area (Å²) in [5.74, 6) is 2.13. The molecule has 5 rings (SSSR count). The van der Waals surface area contributed by atoms with Gasteiger partial charge in [0.25, 0.3) is 0 Å². The topological polar surface area (TPSA) is 54.0 Å². The minimum atomic E-state index is -0.411. The van der Waals surface area contributed by atoms with E-state index in [0.29, 0.717) is 42.3 Å². The predicted octanol–water partition coefficient (Wildman–Crippen LogP) is 6.03. The molecule has 0 aromatic heterocycles. The summed E-state index contributed by atoms with van der Waals surface area (Å²) in [5.41, 5.74) is 3.37. The number of fused-ring (bicyclic) bond motifs is 2. The lowest BCUT2D eigenvalue weighted by atomic mass is 9.98. The summed E-state index contributed by atoms with van der Waals surface area (Å²) < 4.78 is 37.8. The first kappa shape index (κ1) is 21.3. The van der Waals surface area contributed by atoms with Crippen LogP contribution < -0.4 is 14.2 Å². The Labute approximate surface area is 192 Å². The van der Waals surface area contributed by atoms with E-state index in [4.69, 9.17) is 18.9 Å². The van der Waals surface area contributed by atoms with Gasteiger partial charge in [0.2, 0.25) is 0 Å². The molecule has 5 nitrogen and oxygen atoms in total. The zero-order valence-electron chi connectivity index (χ0n) is 18.6. The molecule has 33 heavy (non-hydrogen) atoms. The van der Waals surface area contributed by atoms with E-state index < -0.39 is 6.10 Å². The molecule has 0 saturated heterocycles. The van der Waals surface area contributed by atoms with Gasteiger partial charge < -0.3 is 18.9 Å². The molecule has 1 aliphatic heterocycles. The maximum atomic E-state index is 14.9. The van der Waals surface area contributed by atoms with Crippen molar-refractivity contribution in [1.82, 2.24) is 0 Å². The Bertz CT molecular complexity index is 1210. The number of ether oxygens (including phenoxy) is 4. The Kier molecular flexibility index (Phi) is 5.67. The molecule has 2 aliphatic rings. The van der Waals surface area contributed by atoms with Gasteiger partial charge >= 0.3 is 5.97 Å². The zero-order valence-corrected chi connectivity index (χ0v) is 18.6. The van der Waals surface area contributed by atoms with Crippen LogP contribution in [0, 0.1) is 12.7 Å². The van der Waals surface area contributed by atoms with Crippen LogP contribution >= 0.6 is 0 Å². The Morgan fingerprint density at radius 2 is 1.97 bits per heavy atom. The number of hydrogen-bond donors (Lipinski definition) is 0. The fourth-order valence-corrected chi connectivity index (χ4v) is 4.59. The average molecular weight is 448 g/mol. The summed E-state index contributed by atoms with van der Waals surface area (Å²) in [4.78, 5) is 11.6. The van der Waals surface area contributed by atoms with Gasteiger partial charge in [0.15, 0.2) is 0 Å². The highest BCUT2D eigenvalue weighted by atomic mass is 19.1. The van der Waals surface area contributed by atoms with E-state index in [1.807, 2.05) is 49.4 Å². The van der Waals surface area contributed by atoms with Gasteiger partial charge in [-0.25, -0.2) is 4.39 Å². The molecule has 0 N–H and O–H groups in total. The summed E-state index contributed by atoms with van der Waals surface area (Å²) in [6.07, 6.45) is 1.19. The molecule has 6 heteroatoms. The Morgan fingerprint density at radius 1 is 1.12 bits per heavy atom. The van der Waals surface area contributed by atoms with Gasteiger partial charge in [-0.1, -0.05) is 24.3 Å². The smallest absolute Gasteiger partial charge is 0.306 e. The summed E-state index contributed by atoms with van der Waals surface area (Å²) in [5, 5.41) is 0. The molecule has 1 aliphatic carbocycles. The summed E-state index contributed by atoms with van der Waals surface area (Å²) >= 11 is 0. The van der Waals surface area contributed by atoms with Crippen molar-refractivity contribution in [2.75, 3.05) is 13.7 Å². The maximum absolute atomic E-state index is 14.9. The van der Waals surface area contributed by atoms with Crippen molar-refractivity contribution in [3.05, 3.63) is 82.7 Å². The van der Waals surface area contributed by atoms with Crippen LogP contribution in [0.2, 0.25) is 0 Å². The largest absolute Gasteiger partial charge is 0.492 e. The third kappa shape index (κ3) is 4.13. The molecule has 1 heterocycles. The second kappa shape index (κ2) is 8.77. The van der Waals surface area contributed by atoms with Crippen LogP contribution in [-0.4, -0.2) is 19.7 Å². The van der Waals surface area contributed by atoms with Crippen LogP contribution in [0.3, 0.4) is 0 Å². The van der Waals surface area contributed by atoms with Crippen LogP contribution in [0.1, 0.15) is 47.1 Å². The summed E-state index contributed by atoms with van der Waals surface area (Å²) in [6, 6.07) is 16.5. The number of methoxy groups -OCH3 is 1. The first-order valence-corrected chi connectivity index (χ1v) is 11.1. The van der Waals surface area contributed by atoms with E-state index in [1.165, 1.54) is 13.2 Å². The molecular formula is C27H25FO5. The average Bonchev–Trinajstić information content (AvgIpc) is 3.42. The molecule has 3 aromatic rings. The molecule has 2 atom stereocenters. The lowest BCUT2D eigenvalue weighted by molar-refractivity contribution is -0.141. The molecule has 0 saturated carbocycles. The molecule has 0 amide bonds. The molecular weight excluding hydrogens is 423 g/mol. The number of aryl methyl sites for hydroxylation is 1. The van der Waals surface area contributed by atoms with Gasteiger partial charge in [0.05, 0.1) is 20.1 Å². The van der Waals surface area contributed by atoms with Crippen molar-refractivity contribution < 1.29 is 28.1 Å². The fourth-order valence-electron chi connectivity index (χ4n) is 4.59. The Morgan fingerprint density at radius 3 is 2.79 bits per heavy atom. The number of benzene rings is 3. The number of rotatable bonds is 6. The quantitative estimate of drug-likeness (QED) is 0.431. The second-order valence-electron chi connectivity index (χ2n) is 8.44. The third-order valence-corrected chi connectivity index (χ3v) is 6.34. The van der Waals surface area contributed by atoms with Gasteiger partial charge in [-0.05, 0) is 49.6 Å². The van der Waals surface area contributed by atoms with Crippen molar-refractivity contribution in [2.24, 2.45) is 0 Å². The van der Waals surface area contributed by atoms with E-state index in [2.05, 4.69) is 0 Å². The van der Waals surface area contributed by atoms with Crippen LogP contribution in [0.25, 0.3) is 0 Å². The standard InChI is InChI=1S/C27H25FO5/c1-16-5-3-4-6-22(16)33-23-12-10-21(28)27-20(23)9-11-24(27)32-18-7-8-19-17(13-26(29)30-2)15-31-25(19)14-18/h3-8,10,12,14,17,24H,9,11,13,15H2,1-2H3.